The molecule has 0 aromatic carbocycles. The maximum atomic E-state index is 11.9. The Hall–Kier alpha value is -1.56. The molecule has 0 saturated heterocycles. The molecule has 7 heteroatoms. The van der Waals surface area contributed by atoms with Crippen LogP contribution in [0.3, 0.4) is 0 Å². The van der Waals surface area contributed by atoms with Crippen molar-refractivity contribution in [2.45, 2.75) is 39.0 Å². The van der Waals surface area contributed by atoms with E-state index in [-0.39, 0.29) is 18.4 Å². The number of halogens is 1. The SMILES string of the molecule is CCCCN(CC(=O)Nc1cc(C)on1)C(=O)[C@H](C)Cl. The predicted octanol–water partition coefficient (Wildman–Crippen LogP) is 2.18. The van der Waals surface area contributed by atoms with Crippen LogP contribution in [0.5, 0.6) is 0 Å². The predicted molar refractivity (Wildman–Crippen MR) is 76.7 cm³/mol. The molecule has 6 nitrogen and oxygen atoms in total. The fourth-order valence-electron chi connectivity index (χ4n) is 1.65. The summed E-state index contributed by atoms with van der Waals surface area (Å²) in [7, 11) is 0. The first-order chi connectivity index (χ1) is 9.43. The Morgan fingerprint density at radius 3 is 2.75 bits per heavy atom. The number of anilines is 1. The Morgan fingerprint density at radius 2 is 2.25 bits per heavy atom. The van der Waals surface area contributed by atoms with E-state index in [1.165, 1.54) is 4.90 Å². The highest BCUT2D eigenvalue weighted by Crippen LogP contribution is 2.08. The Kier molecular flexibility index (Phi) is 6.51. The van der Waals surface area contributed by atoms with Crippen LogP contribution in [-0.2, 0) is 9.59 Å². The summed E-state index contributed by atoms with van der Waals surface area (Å²) >= 11 is 5.80. The van der Waals surface area contributed by atoms with E-state index in [2.05, 4.69) is 10.5 Å². The Morgan fingerprint density at radius 1 is 1.55 bits per heavy atom. The molecule has 0 bridgehead atoms. The van der Waals surface area contributed by atoms with Gasteiger partial charge in [-0.05, 0) is 20.3 Å². The minimum absolute atomic E-state index is 0.0399. The van der Waals surface area contributed by atoms with Crippen molar-refractivity contribution < 1.29 is 14.1 Å². The number of carbonyl (C=O) groups excluding carboxylic acids is 2. The minimum Gasteiger partial charge on any atom is -0.360 e. The summed E-state index contributed by atoms with van der Waals surface area (Å²) in [6, 6.07) is 1.61. The van der Waals surface area contributed by atoms with Crippen LogP contribution in [0.15, 0.2) is 10.6 Å². The first kappa shape index (κ1) is 16.5. The molecule has 1 rings (SSSR count). The molecule has 2 amide bonds. The van der Waals surface area contributed by atoms with E-state index in [4.69, 9.17) is 16.1 Å². The second kappa shape index (κ2) is 7.89. The third-order valence-corrected chi connectivity index (χ3v) is 2.85. The number of nitrogens with zero attached hydrogens (tertiary/aromatic N) is 2. The minimum atomic E-state index is -0.644. The first-order valence-corrected chi connectivity index (χ1v) is 7.03. The smallest absolute Gasteiger partial charge is 0.245 e. The van der Waals surface area contributed by atoms with Crippen molar-refractivity contribution in [1.29, 1.82) is 0 Å². The van der Waals surface area contributed by atoms with Gasteiger partial charge in [-0.3, -0.25) is 9.59 Å². The second-order valence-corrected chi connectivity index (χ2v) is 5.25. The molecule has 1 N–H and O–H groups in total. The molecule has 1 heterocycles. The molecule has 0 fully saturated rings. The van der Waals surface area contributed by atoms with Crippen molar-refractivity contribution in [3.05, 3.63) is 11.8 Å². The first-order valence-electron chi connectivity index (χ1n) is 6.60. The average Bonchev–Trinajstić information content (AvgIpc) is 2.78. The van der Waals surface area contributed by atoms with E-state index in [0.29, 0.717) is 18.1 Å². The van der Waals surface area contributed by atoms with Gasteiger partial charge in [0.15, 0.2) is 5.82 Å². The van der Waals surface area contributed by atoms with Gasteiger partial charge in [0, 0.05) is 12.6 Å². The van der Waals surface area contributed by atoms with E-state index in [1.54, 1.807) is 19.9 Å². The molecule has 1 aromatic rings. The van der Waals surface area contributed by atoms with Crippen molar-refractivity contribution in [2.75, 3.05) is 18.4 Å². The lowest BCUT2D eigenvalue weighted by atomic mass is 10.3. The third kappa shape index (κ3) is 5.21. The molecule has 1 atom stereocenters. The molecular weight excluding hydrogens is 282 g/mol. The third-order valence-electron chi connectivity index (χ3n) is 2.66. The van der Waals surface area contributed by atoms with Crippen molar-refractivity contribution in [2.24, 2.45) is 0 Å². The lowest BCUT2D eigenvalue weighted by Crippen LogP contribution is -2.41. The molecule has 0 saturated carbocycles. The van der Waals surface area contributed by atoms with Gasteiger partial charge in [0.25, 0.3) is 0 Å². The van der Waals surface area contributed by atoms with E-state index in [9.17, 15) is 9.59 Å². The van der Waals surface area contributed by atoms with E-state index in [1.807, 2.05) is 6.92 Å². The largest absolute Gasteiger partial charge is 0.360 e. The van der Waals surface area contributed by atoms with Crippen LogP contribution in [0.1, 0.15) is 32.4 Å². The summed E-state index contributed by atoms with van der Waals surface area (Å²) in [5, 5.41) is 5.61. The number of hydrogen-bond acceptors (Lipinski definition) is 4. The highest BCUT2D eigenvalue weighted by atomic mass is 35.5. The van der Waals surface area contributed by atoms with Crippen molar-refractivity contribution in [3.63, 3.8) is 0 Å². The van der Waals surface area contributed by atoms with Gasteiger partial charge in [0.2, 0.25) is 11.8 Å². The lowest BCUT2D eigenvalue weighted by Gasteiger charge is -2.22. The van der Waals surface area contributed by atoms with Crippen LogP contribution >= 0.6 is 11.6 Å². The molecular formula is C13H20ClN3O3. The number of aromatic nitrogens is 1. The summed E-state index contributed by atoms with van der Waals surface area (Å²) in [6.45, 7) is 5.82. The summed E-state index contributed by atoms with van der Waals surface area (Å²) in [5.74, 6) is 0.384. The van der Waals surface area contributed by atoms with Gasteiger partial charge in [0.1, 0.15) is 11.1 Å². The molecule has 1 aromatic heterocycles. The second-order valence-electron chi connectivity index (χ2n) is 4.60. The Balaban J connectivity index is 2.59. The fourth-order valence-corrected chi connectivity index (χ4v) is 1.79. The van der Waals surface area contributed by atoms with Crippen LogP contribution in [0.25, 0.3) is 0 Å². The number of hydrogen-bond donors (Lipinski definition) is 1. The molecule has 0 aliphatic heterocycles. The van der Waals surface area contributed by atoms with Gasteiger partial charge in [-0.2, -0.15) is 0 Å². The summed E-state index contributed by atoms with van der Waals surface area (Å²) in [5.41, 5.74) is 0. The fraction of sp³-hybridized carbons (Fsp3) is 0.615. The topological polar surface area (TPSA) is 75.4 Å². The Bertz CT molecular complexity index is 459. The number of carbonyl (C=O) groups is 2. The Labute approximate surface area is 123 Å². The van der Waals surface area contributed by atoms with Crippen molar-refractivity contribution in [1.82, 2.24) is 10.1 Å². The normalized spacial score (nSPS) is 12.0. The molecule has 0 spiro atoms. The number of rotatable bonds is 7. The number of aryl methyl sites for hydroxylation is 1. The van der Waals surface area contributed by atoms with Gasteiger partial charge in [-0.25, -0.2) is 0 Å². The quantitative estimate of drug-likeness (QED) is 0.783. The van der Waals surface area contributed by atoms with Crippen molar-refractivity contribution in [3.8, 4) is 0 Å². The molecule has 0 aliphatic carbocycles. The zero-order chi connectivity index (χ0) is 15.1. The molecule has 20 heavy (non-hydrogen) atoms. The van der Waals surface area contributed by atoms with E-state index in [0.717, 1.165) is 12.8 Å². The van der Waals surface area contributed by atoms with Crippen LogP contribution in [-0.4, -0.2) is 40.3 Å². The van der Waals surface area contributed by atoms with Crippen LogP contribution < -0.4 is 5.32 Å². The lowest BCUT2D eigenvalue weighted by molar-refractivity contribution is -0.134. The molecule has 0 aliphatic rings. The summed E-state index contributed by atoms with van der Waals surface area (Å²) in [4.78, 5) is 25.3. The molecule has 0 radical (unpaired) electrons. The van der Waals surface area contributed by atoms with Gasteiger partial charge in [-0.1, -0.05) is 18.5 Å². The van der Waals surface area contributed by atoms with E-state index < -0.39 is 5.38 Å². The summed E-state index contributed by atoms with van der Waals surface area (Å²) in [6.07, 6.45) is 1.76. The number of unbranched alkanes of at least 4 members (excludes halogenated alkanes) is 1. The van der Waals surface area contributed by atoms with E-state index >= 15 is 0 Å². The number of nitrogens with one attached hydrogen (secondary N) is 1. The highest BCUT2D eigenvalue weighted by molar-refractivity contribution is 6.30. The molecule has 112 valence electrons. The van der Waals surface area contributed by atoms with Gasteiger partial charge < -0.3 is 14.7 Å². The zero-order valence-electron chi connectivity index (χ0n) is 12.0. The van der Waals surface area contributed by atoms with Crippen molar-refractivity contribution >= 4 is 29.2 Å². The van der Waals surface area contributed by atoms with Gasteiger partial charge >= 0.3 is 0 Å². The number of alkyl halides is 1. The van der Waals surface area contributed by atoms with Gasteiger partial charge in [0.05, 0.1) is 6.54 Å². The maximum absolute atomic E-state index is 11.9. The highest BCUT2D eigenvalue weighted by Gasteiger charge is 2.21. The average molecular weight is 302 g/mol. The van der Waals surface area contributed by atoms with Crippen LogP contribution in [0.4, 0.5) is 5.82 Å². The standard InChI is InChI=1S/C13H20ClN3O3/c1-4-5-6-17(13(19)10(3)14)8-12(18)15-11-7-9(2)20-16-11/h7,10H,4-6,8H2,1-3H3,(H,15,16,18)/t10-/m0/s1. The maximum Gasteiger partial charge on any atom is 0.245 e. The summed E-state index contributed by atoms with van der Waals surface area (Å²) < 4.78 is 4.85. The molecule has 0 unspecified atom stereocenters. The van der Waals surface area contributed by atoms with Crippen LogP contribution in [0, 0.1) is 6.92 Å². The number of amides is 2. The van der Waals surface area contributed by atoms with Crippen LogP contribution in [0.2, 0.25) is 0 Å². The van der Waals surface area contributed by atoms with Gasteiger partial charge in [-0.15, -0.1) is 11.6 Å². The zero-order valence-corrected chi connectivity index (χ0v) is 12.7. The monoisotopic (exact) mass is 301 g/mol.